The molecule has 4 aromatic rings. The molecule has 188 valence electrons. The number of fused-ring (bicyclic) bond motifs is 1. The van der Waals surface area contributed by atoms with Crippen molar-refractivity contribution in [2.24, 2.45) is 0 Å². The minimum Gasteiger partial charge on any atom is -0.493 e. The number of nitrogens with zero attached hydrogens (tertiary/aromatic N) is 4. The van der Waals surface area contributed by atoms with Crippen LogP contribution in [0.2, 0.25) is 0 Å². The van der Waals surface area contributed by atoms with Crippen LogP contribution in [0, 0.1) is 3.57 Å². The van der Waals surface area contributed by atoms with Crippen LogP contribution in [0.1, 0.15) is 16.8 Å². The monoisotopic (exact) mass is 613 g/mol. The van der Waals surface area contributed by atoms with Gasteiger partial charge in [-0.15, -0.1) is 0 Å². The molecular formula is C23H19F3IN5O4. The summed E-state index contributed by atoms with van der Waals surface area (Å²) in [5.74, 6) is 1.03. The van der Waals surface area contributed by atoms with Gasteiger partial charge in [-0.05, 0) is 58.8 Å². The van der Waals surface area contributed by atoms with Crippen molar-refractivity contribution in [3.05, 3.63) is 69.2 Å². The molecule has 2 N–H and O–H groups in total. The number of anilines is 1. The van der Waals surface area contributed by atoms with E-state index in [2.05, 4.69) is 42.9 Å². The van der Waals surface area contributed by atoms with Crippen molar-refractivity contribution >= 4 is 45.8 Å². The number of halogens is 4. The van der Waals surface area contributed by atoms with Crippen LogP contribution < -0.4 is 14.8 Å². The number of hydrogen-bond acceptors (Lipinski definition) is 6. The van der Waals surface area contributed by atoms with Crippen molar-refractivity contribution in [2.45, 2.75) is 25.7 Å². The van der Waals surface area contributed by atoms with E-state index < -0.39 is 18.0 Å². The minimum atomic E-state index is -4.50. The zero-order valence-corrected chi connectivity index (χ0v) is 20.9. The molecule has 0 fully saturated rings. The average molecular weight is 613 g/mol. The van der Waals surface area contributed by atoms with Crippen LogP contribution in [0.3, 0.4) is 0 Å². The second-order valence-electron chi connectivity index (χ2n) is 7.59. The molecule has 0 atom stereocenters. The number of nitrogens with one attached hydrogen (secondary N) is 1. The fourth-order valence-electron chi connectivity index (χ4n) is 3.46. The van der Waals surface area contributed by atoms with Gasteiger partial charge in [0.05, 0.1) is 7.11 Å². The van der Waals surface area contributed by atoms with Crippen LogP contribution in [0.25, 0.3) is 11.2 Å². The van der Waals surface area contributed by atoms with Gasteiger partial charge < -0.3 is 14.6 Å². The number of alkyl halides is 3. The third kappa shape index (κ3) is 5.95. The summed E-state index contributed by atoms with van der Waals surface area (Å²) < 4.78 is 51.8. The normalized spacial score (nSPS) is 11.5. The number of rotatable bonds is 8. The molecule has 0 spiro atoms. The molecule has 36 heavy (non-hydrogen) atoms. The summed E-state index contributed by atoms with van der Waals surface area (Å²) in [5, 5.41) is 11.5. The minimum absolute atomic E-state index is 0.0105. The lowest BCUT2D eigenvalue weighted by molar-refractivity contribution is -0.141. The van der Waals surface area contributed by atoms with E-state index in [0.717, 1.165) is 21.4 Å². The van der Waals surface area contributed by atoms with Crippen molar-refractivity contribution in [2.75, 3.05) is 12.4 Å². The molecule has 0 bridgehead atoms. The summed E-state index contributed by atoms with van der Waals surface area (Å²) >= 11 is 2.11. The fourth-order valence-corrected chi connectivity index (χ4v) is 3.89. The predicted octanol–water partition coefficient (Wildman–Crippen LogP) is 5.37. The van der Waals surface area contributed by atoms with Gasteiger partial charge in [-0.3, -0.25) is 14.9 Å². The van der Waals surface area contributed by atoms with Crippen LogP contribution in [0.15, 0.2) is 48.8 Å². The van der Waals surface area contributed by atoms with Crippen molar-refractivity contribution in [1.29, 1.82) is 0 Å². The van der Waals surface area contributed by atoms with E-state index in [4.69, 9.17) is 14.6 Å². The highest BCUT2D eigenvalue weighted by atomic mass is 127. The Bertz CT molecular complexity index is 1390. The highest BCUT2D eigenvalue weighted by Crippen LogP contribution is 2.30. The molecule has 0 aliphatic carbocycles. The Morgan fingerprint density at radius 1 is 1.11 bits per heavy atom. The van der Waals surface area contributed by atoms with E-state index >= 15 is 0 Å². The topological polar surface area (TPSA) is 111 Å². The van der Waals surface area contributed by atoms with Gasteiger partial charge in [0.2, 0.25) is 5.95 Å². The molecule has 3 heterocycles. The number of pyridine rings is 2. The first kappa shape index (κ1) is 25.5. The zero-order valence-electron chi connectivity index (χ0n) is 18.7. The fraction of sp³-hybridized carbons (Fsp3) is 0.217. The van der Waals surface area contributed by atoms with E-state index in [1.165, 1.54) is 13.2 Å². The average Bonchev–Trinajstić information content (AvgIpc) is 3.16. The Morgan fingerprint density at radius 3 is 2.56 bits per heavy atom. The number of hydrogen-bond donors (Lipinski definition) is 2. The number of imidazole rings is 1. The Balaban J connectivity index is 1.47. The van der Waals surface area contributed by atoms with Gasteiger partial charge in [-0.2, -0.15) is 13.2 Å². The molecule has 0 aliphatic heterocycles. The molecule has 0 saturated heterocycles. The highest BCUT2D eigenvalue weighted by Gasteiger charge is 2.32. The zero-order chi connectivity index (χ0) is 25.9. The van der Waals surface area contributed by atoms with Gasteiger partial charge in [-0.1, -0.05) is 12.1 Å². The molecule has 0 radical (unpaired) electrons. The number of carboxylic acid groups (broad SMARTS) is 1. The second-order valence-corrected chi connectivity index (χ2v) is 8.83. The number of aromatic nitrogens is 4. The maximum atomic E-state index is 12.7. The standard InChI is InChI=1S/C23H19F3IN5O4/c1-35-18-8-13(2-4-17(18)36-12-14-3-5-19(28-10-14)23(24,25)26)6-7-32-20-16(9-15(27)11-29-20)30-21(32)31-22(33)34/h2-5,8-11H,6-7,12H2,1H3,(H,30,31)(H,33,34). The summed E-state index contributed by atoms with van der Waals surface area (Å²) in [6, 6.07) is 9.33. The van der Waals surface area contributed by atoms with Crippen molar-refractivity contribution in [1.82, 2.24) is 19.5 Å². The first-order valence-corrected chi connectivity index (χ1v) is 11.6. The number of aryl methyl sites for hydroxylation is 2. The molecule has 3 aromatic heterocycles. The number of ether oxygens (including phenoxy) is 2. The SMILES string of the molecule is COc1cc(CCn2c(NC(=O)O)nc3cc(I)cnc32)ccc1OCc1ccc(C(F)(F)F)nc1. The van der Waals surface area contributed by atoms with Gasteiger partial charge in [0.15, 0.2) is 17.1 Å². The molecule has 13 heteroatoms. The Kier molecular flexibility index (Phi) is 7.47. The largest absolute Gasteiger partial charge is 0.493 e. The van der Waals surface area contributed by atoms with E-state index in [9.17, 15) is 18.0 Å². The van der Waals surface area contributed by atoms with E-state index in [1.54, 1.807) is 22.9 Å². The molecule has 0 aliphatic rings. The van der Waals surface area contributed by atoms with Crippen LogP contribution in [0.4, 0.5) is 23.9 Å². The summed E-state index contributed by atoms with van der Waals surface area (Å²) in [4.78, 5) is 23.4. The predicted molar refractivity (Wildman–Crippen MR) is 132 cm³/mol. The van der Waals surface area contributed by atoms with Gasteiger partial charge >= 0.3 is 12.3 Å². The lowest BCUT2D eigenvalue weighted by Crippen LogP contribution is -2.14. The lowest BCUT2D eigenvalue weighted by atomic mass is 10.1. The Hall–Kier alpha value is -3.62. The van der Waals surface area contributed by atoms with E-state index in [-0.39, 0.29) is 12.6 Å². The second kappa shape index (κ2) is 10.6. The smallest absolute Gasteiger partial charge is 0.433 e. The van der Waals surface area contributed by atoms with Crippen LogP contribution >= 0.6 is 22.6 Å². The summed E-state index contributed by atoms with van der Waals surface area (Å²) in [7, 11) is 1.48. The third-order valence-electron chi connectivity index (χ3n) is 5.13. The first-order chi connectivity index (χ1) is 17.1. The van der Waals surface area contributed by atoms with Gasteiger partial charge in [-0.25, -0.2) is 14.8 Å². The summed E-state index contributed by atoms with van der Waals surface area (Å²) in [5.41, 5.74) is 1.51. The highest BCUT2D eigenvalue weighted by molar-refractivity contribution is 14.1. The van der Waals surface area contributed by atoms with Gasteiger partial charge in [0.1, 0.15) is 17.8 Å². The number of amides is 1. The Labute approximate surface area is 216 Å². The Morgan fingerprint density at radius 2 is 1.89 bits per heavy atom. The summed E-state index contributed by atoms with van der Waals surface area (Å²) in [6.07, 6.45) is -2.43. The maximum Gasteiger partial charge on any atom is 0.433 e. The van der Waals surface area contributed by atoms with E-state index in [1.807, 2.05) is 12.1 Å². The molecule has 0 unspecified atom stereocenters. The number of benzene rings is 1. The molecule has 1 amide bonds. The molecule has 9 nitrogen and oxygen atoms in total. The van der Waals surface area contributed by atoms with Crippen molar-refractivity contribution < 1.29 is 32.5 Å². The van der Waals surface area contributed by atoms with Gasteiger partial charge in [0.25, 0.3) is 0 Å². The third-order valence-corrected chi connectivity index (χ3v) is 5.72. The van der Waals surface area contributed by atoms with Crippen molar-refractivity contribution in [3.63, 3.8) is 0 Å². The maximum absolute atomic E-state index is 12.7. The quantitative estimate of drug-likeness (QED) is 0.257. The van der Waals surface area contributed by atoms with Crippen LogP contribution in [-0.2, 0) is 25.7 Å². The molecule has 0 saturated carbocycles. The van der Waals surface area contributed by atoms with Gasteiger partial charge in [0, 0.05) is 28.1 Å². The molecular weight excluding hydrogens is 594 g/mol. The van der Waals surface area contributed by atoms with Crippen LogP contribution in [0.5, 0.6) is 11.5 Å². The molecule has 1 aromatic carbocycles. The summed E-state index contributed by atoms with van der Waals surface area (Å²) in [6.45, 7) is 0.400. The van der Waals surface area contributed by atoms with Crippen LogP contribution in [-0.4, -0.2) is 37.8 Å². The number of carbonyl (C=O) groups is 1. The molecule has 4 rings (SSSR count). The number of methoxy groups -OCH3 is 1. The van der Waals surface area contributed by atoms with Crippen molar-refractivity contribution in [3.8, 4) is 11.5 Å². The first-order valence-electron chi connectivity index (χ1n) is 10.5. The van der Waals surface area contributed by atoms with E-state index in [0.29, 0.717) is 41.2 Å². The lowest BCUT2D eigenvalue weighted by Gasteiger charge is -2.13.